The van der Waals surface area contributed by atoms with Gasteiger partial charge in [-0.25, -0.2) is 9.78 Å². The molecule has 260 valence electrons. The fraction of sp³-hybridized carbons (Fsp3) is 0.385. The molecule has 3 aromatic carbocycles. The van der Waals surface area contributed by atoms with Crippen molar-refractivity contribution in [1.29, 1.82) is 0 Å². The summed E-state index contributed by atoms with van der Waals surface area (Å²) >= 11 is 0. The Bertz CT molecular complexity index is 1840. The van der Waals surface area contributed by atoms with Crippen molar-refractivity contribution >= 4 is 23.6 Å². The van der Waals surface area contributed by atoms with Gasteiger partial charge in [0.05, 0.1) is 17.1 Å². The Morgan fingerprint density at radius 1 is 0.920 bits per heavy atom. The second kappa shape index (κ2) is 14.5. The van der Waals surface area contributed by atoms with Crippen molar-refractivity contribution in [3.05, 3.63) is 107 Å². The van der Waals surface area contributed by atoms with E-state index in [0.717, 1.165) is 72.8 Å². The minimum atomic E-state index is -0.495. The first-order valence-corrected chi connectivity index (χ1v) is 17.5. The molecule has 1 saturated heterocycles. The number of carbonyl (C=O) groups excluding carboxylic acids is 3. The van der Waals surface area contributed by atoms with Gasteiger partial charge in [0.1, 0.15) is 6.10 Å². The van der Waals surface area contributed by atoms with Gasteiger partial charge in [-0.05, 0) is 60.9 Å². The zero-order valence-electron chi connectivity index (χ0n) is 28.8. The number of carbonyl (C=O) groups is 3. The highest BCUT2D eigenvalue weighted by atomic mass is 16.6. The smallest absolute Gasteiger partial charge is 0.411 e. The molecule has 3 N–H and O–H groups in total. The van der Waals surface area contributed by atoms with Gasteiger partial charge >= 0.3 is 6.09 Å². The average molecular weight is 676 g/mol. The fourth-order valence-corrected chi connectivity index (χ4v) is 7.96. The van der Waals surface area contributed by atoms with E-state index in [-0.39, 0.29) is 12.0 Å². The van der Waals surface area contributed by atoms with Gasteiger partial charge in [0.15, 0.2) is 5.82 Å². The molecule has 4 aromatic rings. The molecule has 3 aliphatic rings. The van der Waals surface area contributed by atoms with E-state index < -0.39 is 12.0 Å². The minimum Gasteiger partial charge on any atom is -0.446 e. The lowest BCUT2D eigenvalue weighted by Gasteiger charge is -2.23. The number of likely N-dealkylation sites (N-methyl/N-ethyl adjacent to an activating group) is 1. The number of imidazole rings is 1. The maximum Gasteiger partial charge on any atom is 0.411 e. The van der Waals surface area contributed by atoms with Crippen molar-refractivity contribution in [2.75, 3.05) is 38.5 Å². The lowest BCUT2D eigenvalue weighted by Crippen LogP contribution is -2.36. The summed E-state index contributed by atoms with van der Waals surface area (Å²) in [4.78, 5) is 48.9. The topological polar surface area (TPSA) is 126 Å². The number of primary amides is 1. The number of hydrogen-bond donors (Lipinski definition) is 2. The van der Waals surface area contributed by atoms with Crippen LogP contribution in [0.3, 0.4) is 0 Å². The van der Waals surface area contributed by atoms with Gasteiger partial charge in [0, 0.05) is 70.5 Å². The highest BCUT2D eigenvalue weighted by Gasteiger charge is 2.42. The van der Waals surface area contributed by atoms with E-state index in [1.165, 1.54) is 0 Å². The predicted octanol–water partition coefficient (Wildman–Crippen LogP) is 5.22. The Morgan fingerprint density at radius 2 is 1.62 bits per heavy atom. The number of para-hydroxylation sites is 1. The largest absolute Gasteiger partial charge is 0.446 e. The molecule has 2 aliphatic heterocycles. The molecule has 11 heteroatoms. The van der Waals surface area contributed by atoms with E-state index in [1.54, 1.807) is 4.90 Å². The summed E-state index contributed by atoms with van der Waals surface area (Å²) < 4.78 is 7.80. The molecule has 1 aromatic heterocycles. The second-order valence-corrected chi connectivity index (χ2v) is 13.8. The molecule has 7 rings (SSSR count). The van der Waals surface area contributed by atoms with Crippen molar-refractivity contribution in [2.45, 2.75) is 52.0 Å². The van der Waals surface area contributed by atoms with E-state index in [0.29, 0.717) is 49.4 Å². The van der Waals surface area contributed by atoms with Crippen LogP contribution < -0.4 is 11.1 Å². The summed E-state index contributed by atoms with van der Waals surface area (Å²) in [6, 6.07) is 25.6. The maximum absolute atomic E-state index is 13.2. The number of benzene rings is 3. The number of fused-ring (bicyclic) bond motifs is 2. The van der Waals surface area contributed by atoms with Gasteiger partial charge in [0.2, 0.25) is 0 Å². The summed E-state index contributed by atoms with van der Waals surface area (Å²) in [6.45, 7) is 8.12. The van der Waals surface area contributed by atoms with Gasteiger partial charge in [-0.15, -0.1) is 0 Å². The Hall–Kier alpha value is -5.00. The Balaban J connectivity index is 0.837. The lowest BCUT2D eigenvalue weighted by molar-refractivity contribution is 0.0778. The van der Waals surface area contributed by atoms with Crippen LogP contribution >= 0.6 is 0 Å². The van der Waals surface area contributed by atoms with Crippen LogP contribution in [0.5, 0.6) is 0 Å². The van der Waals surface area contributed by atoms with Crippen molar-refractivity contribution in [1.82, 2.24) is 24.3 Å². The zero-order valence-corrected chi connectivity index (χ0v) is 28.8. The van der Waals surface area contributed by atoms with Gasteiger partial charge in [-0.2, -0.15) is 0 Å². The van der Waals surface area contributed by atoms with Crippen molar-refractivity contribution in [2.24, 2.45) is 17.6 Å². The normalized spacial score (nSPS) is 20.0. The number of hydrogen-bond acceptors (Lipinski definition) is 7. The second-order valence-electron chi connectivity index (χ2n) is 13.8. The molecule has 1 aliphatic carbocycles. The van der Waals surface area contributed by atoms with Crippen LogP contribution in [-0.2, 0) is 30.9 Å². The van der Waals surface area contributed by atoms with Crippen LogP contribution in [0, 0.1) is 11.8 Å². The predicted molar refractivity (Wildman–Crippen MR) is 191 cm³/mol. The molecule has 50 heavy (non-hydrogen) atoms. The van der Waals surface area contributed by atoms with E-state index in [9.17, 15) is 14.4 Å². The standard InChI is InChI=1S/C39H45N7O4/c1-3-46-35-25-45(24-34(35)41-37(46)36(40)47)21-26-13-15-28(16-14-26)38(48)43(2)17-18-44-22-29-19-31(20-30(29)23-44)50-39(49)42-33-12-8-7-11-32(33)27-9-5-4-6-10-27/h4-16,29-31H,3,17-25H2,1-2H3,(H2,40,47)(H,42,49)/t29-,30+,31?. The van der Waals surface area contributed by atoms with Crippen LogP contribution in [0.15, 0.2) is 78.9 Å². The van der Waals surface area contributed by atoms with Crippen molar-refractivity contribution in [3.8, 4) is 11.1 Å². The van der Waals surface area contributed by atoms with Gasteiger partial charge in [-0.1, -0.05) is 60.7 Å². The first-order valence-electron chi connectivity index (χ1n) is 17.5. The van der Waals surface area contributed by atoms with E-state index >= 15 is 0 Å². The number of anilines is 1. The Morgan fingerprint density at radius 3 is 2.32 bits per heavy atom. The summed E-state index contributed by atoms with van der Waals surface area (Å²) in [6.07, 6.45) is 1.24. The van der Waals surface area contributed by atoms with Gasteiger partial charge in [-0.3, -0.25) is 19.8 Å². The molecule has 11 nitrogen and oxygen atoms in total. The van der Waals surface area contributed by atoms with Gasteiger partial charge in [0.25, 0.3) is 11.8 Å². The lowest BCUT2D eigenvalue weighted by atomic mass is 10.0. The number of likely N-dealkylation sites (tertiary alicyclic amines) is 1. The molecular formula is C39H45N7O4. The number of nitrogens with one attached hydrogen (secondary N) is 1. The van der Waals surface area contributed by atoms with Crippen LogP contribution in [0.1, 0.15) is 57.7 Å². The third-order valence-electron chi connectivity index (χ3n) is 10.4. The molecule has 3 amide bonds. The zero-order chi connectivity index (χ0) is 34.8. The quantitative estimate of drug-likeness (QED) is 0.224. The molecule has 0 radical (unpaired) electrons. The molecule has 1 saturated carbocycles. The molecule has 3 heterocycles. The molecule has 3 atom stereocenters. The number of nitrogens with two attached hydrogens (primary N) is 1. The molecular weight excluding hydrogens is 630 g/mol. The number of rotatable bonds is 11. The Labute approximate surface area is 293 Å². The van der Waals surface area contributed by atoms with Crippen molar-refractivity contribution < 1.29 is 19.1 Å². The van der Waals surface area contributed by atoms with Crippen LogP contribution in [0.4, 0.5) is 10.5 Å². The van der Waals surface area contributed by atoms with Crippen molar-refractivity contribution in [3.63, 3.8) is 0 Å². The minimum absolute atomic E-state index is 0.0120. The average Bonchev–Trinajstić information content (AvgIpc) is 3.87. The van der Waals surface area contributed by atoms with E-state index in [4.69, 9.17) is 10.5 Å². The number of aromatic nitrogens is 2. The van der Waals surface area contributed by atoms with Crippen LogP contribution in [-0.4, -0.2) is 81.5 Å². The highest BCUT2D eigenvalue weighted by Crippen LogP contribution is 2.39. The van der Waals surface area contributed by atoms with Crippen LogP contribution in [0.2, 0.25) is 0 Å². The number of ether oxygens (including phenoxy) is 1. The van der Waals surface area contributed by atoms with E-state index in [2.05, 4.69) is 20.1 Å². The summed E-state index contributed by atoms with van der Waals surface area (Å²) in [7, 11) is 1.86. The fourth-order valence-electron chi connectivity index (χ4n) is 7.96. The first kappa shape index (κ1) is 33.5. The third kappa shape index (κ3) is 7.15. The third-order valence-corrected chi connectivity index (χ3v) is 10.4. The SMILES string of the molecule is CCn1c(C(N)=O)nc2c1CN(Cc1ccc(C(=O)N(C)CCN3C[C@H]4CC(OC(=O)Nc5ccccc5-c5ccccc5)C[C@H]4C3)cc1)C2. The van der Waals surface area contributed by atoms with Gasteiger partial charge < -0.3 is 24.8 Å². The first-order chi connectivity index (χ1) is 24.2. The summed E-state index contributed by atoms with van der Waals surface area (Å²) in [5.41, 5.74) is 12.0. The number of amides is 3. The highest BCUT2D eigenvalue weighted by molar-refractivity contribution is 5.94. The maximum atomic E-state index is 13.2. The summed E-state index contributed by atoms with van der Waals surface area (Å²) in [5.74, 6) is 0.834. The molecule has 0 spiro atoms. The Kier molecular flexibility index (Phi) is 9.69. The molecule has 0 bridgehead atoms. The number of nitrogens with zero attached hydrogens (tertiary/aromatic N) is 5. The monoisotopic (exact) mass is 675 g/mol. The molecule has 1 unspecified atom stereocenters. The van der Waals surface area contributed by atoms with Crippen LogP contribution in [0.25, 0.3) is 11.1 Å². The molecule has 2 fully saturated rings. The van der Waals surface area contributed by atoms with E-state index in [1.807, 2.05) is 97.4 Å². The summed E-state index contributed by atoms with van der Waals surface area (Å²) in [5, 5.41) is 2.97.